The lowest BCUT2D eigenvalue weighted by Crippen LogP contribution is -2.31. The number of benzene rings is 1. The Bertz CT molecular complexity index is 863. The summed E-state index contributed by atoms with van der Waals surface area (Å²) in [4.78, 5) is 16.1. The Morgan fingerprint density at radius 2 is 2.04 bits per heavy atom. The van der Waals surface area contributed by atoms with Crippen LogP contribution < -0.4 is 11.1 Å². The van der Waals surface area contributed by atoms with Gasteiger partial charge in [-0.25, -0.2) is 9.37 Å². The molecule has 1 unspecified atom stereocenters. The van der Waals surface area contributed by atoms with Crippen molar-refractivity contribution in [1.29, 1.82) is 0 Å². The standard InChI is InChI=1S/C17H16BrFN4O/c18-15-6-5-14-17(21-7-8-23(14)15)22-10-12(16(20)24)9-11-1-3-13(19)4-2-11/h1-8,12H,9-10H2,(H2,20,24)(H,21,22). The van der Waals surface area contributed by atoms with Crippen molar-refractivity contribution < 1.29 is 9.18 Å². The Morgan fingerprint density at radius 3 is 2.75 bits per heavy atom. The molecule has 0 bridgehead atoms. The summed E-state index contributed by atoms with van der Waals surface area (Å²) in [5.41, 5.74) is 7.27. The van der Waals surface area contributed by atoms with Crippen LogP contribution in [0.4, 0.5) is 10.2 Å². The average Bonchev–Trinajstić information content (AvgIpc) is 2.95. The van der Waals surface area contributed by atoms with E-state index in [0.29, 0.717) is 18.8 Å². The lowest BCUT2D eigenvalue weighted by atomic mass is 9.98. The van der Waals surface area contributed by atoms with Crippen LogP contribution in [-0.4, -0.2) is 21.8 Å². The molecule has 3 N–H and O–H groups in total. The number of nitrogens with zero attached hydrogens (tertiary/aromatic N) is 2. The van der Waals surface area contributed by atoms with Crippen LogP contribution in [0, 0.1) is 11.7 Å². The normalized spacial score (nSPS) is 12.2. The van der Waals surface area contributed by atoms with Crippen molar-refractivity contribution in [3.8, 4) is 0 Å². The van der Waals surface area contributed by atoms with Gasteiger partial charge in [-0.05, 0) is 52.2 Å². The molecule has 1 atom stereocenters. The fraction of sp³-hybridized carbons (Fsp3) is 0.176. The number of hydrogen-bond acceptors (Lipinski definition) is 3. The van der Waals surface area contributed by atoms with Crippen LogP contribution in [0.15, 0.2) is 53.4 Å². The summed E-state index contributed by atoms with van der Waals surface area (Å²) in [7, 11) is 0. The quantitative estimate of drug-likeness (QED) is 0.679. The third-order valence-corrected chi connectivity index (χ3v) is 4.49. The van der Waals surface area contributed by atoms with Crippen LogP contribution in [0.2, 0.25) is 0 Å². The predicted molar refractivity (Wildman–Crippen MR) is 94.2 cm³/mol. The second-order valence-corrected chi connectivity index (χ2v) is 6.31. The molecular formula is C17H16BrFN4O. The minimum absolute atomic E-state index is 0.304. The number of carbonyl (C=O) groups is 1. The van der Waals surface area contributed by atoms with Gasteiger partial charge in [-0.2, -0.15) is 0 Å². The van der Waals surface area contributed by atoms with Gasteiger partial charge >= 0.3 is 0 Å². The third kappa shape index (κ3) is 3.56. The van der Waals surface area contributed by atoms with Gasteiger partial charge in [0.15, 0.2) is 0 Å². The van der Waals surface area contributed by atoms with Crippen LogP contribution in [0.3, 0.4) is 0 Å². The molecule has 2 heterocycles. The van der Waals surface area contributed by atoms with E-state index in [1.165, 1.54) is 12.1 Å². The molecule has 1 amide bonds. The lowest BCUT2D eigenvalue weighted by molar-refractivity contribution is -0.121. The molecule has 0 aliphatic heterocycles. The number of hydrogen-bond donors (Lipinski definition) is 2. The van der Waals surface area contributed by atoms with E-state index in [9.17, 15) is 9.18 Å². The highest BCUT2D eigenvalue weighted by Gasteiger charge is 2.17. The van der Waals surface area contributed by atoms with Gasteiger partial charge in [0, 0.05) is 18.9 Å². The fourth-order valence-electron chi connectivity index (χ4n) is 2.54. The van der Waals surface area contributed by atoms with E-state index >= 15 is 0 Å². The monoisotopic (exact) mass is 390 g/mol. The highest BCUT2D eigenvalue weighted by molar-refractivity contribution is 9.10. The second kappa shape index (κ2) is 7.00. The summed E-state index contributed by atoms with van der Waals surface area (Å²) in [5.74, 6) is -0.456. The molecule has 0 saturated heterocycles. The van der Waals surface area contributed by atoms with E-state index in [4.69, 9.17) is 5.73 Å². The van der Waals surface area contributed by atoms with Crippen molar-refractivity contribution in [2.45, 2.75) is 6.42 Å². The van der Waals surface area contributed by atoms with Crippen molar-refractivity contribution in [2.24, 2.45) is 11.7 Å². The zero-order valence-corrected chi connectivity index (χ0v) is 14.3. The summed E-state index contributed by atoms with van der Waals surface area (Å²) >= 11 is 3.46. The molecule has 1 aromatic carbocycles. The Kier molecular flexibility index (Phi) is 4.80. The van der Waals surface area contributed by atoms with Crippen molar-refractivity contribution in [3.05, 3.63) is 64.8 Å². The smallest absolute Gasteiger partial charge is 0.222 e. The molecule has 3 rings (SSSR count). The highest BCUT2D eigenvalue weighted by atomic mass is 79.9. The molecule has 0 spiro atoms. The summed E-state index contributed by atoms with van der Waals surface area (Å²) in [6.45, 7) is 0.349. The SMILES string of the molecule is NC(=O)C(CNc1nccn2c(Br)ccc12)Cc1ccc(F)cc1. The van der Waals surface area contributed by atoms with Crippen LogP contribution in [0.25, 0.3) is 5.52 Å². The number of fused-ring (bicyclic) bond motifs is 1. The third-order valence-electron chi connectivity index (χ3n) is 3.84. The first-order chi connectivity index (χ1) is 11.5. The van der Waals surface area contributed by atoms with Crippen molar-refractivity contribution in [2.75, 3.05) is 11.9 Å². The second-order valence-electron chi connectivity index (χ2n) is 5.50. The zero-order chi connectivity index (χ0) is 17.1. The number of halogens is 2. The largest absolute Gasteiger partial charge is 0.369 e. The van der Waals surface area contributed by atoms with E-state index in [-0.39, 0.29) is 5.82 Å². The molecule has 0 aliphatic carbocycles. The van der Waals surface area contributed by atoms with E-state index in [1.54, 1.807) is 18.3 Å². The topological polar surface area (TPSA) is 72.4 Å². The molecule has 7 heteroatoms. The number of rotatable bonds is 6. The van der Waals surface area contributed by atoms with Gasteiger partial charge in [-0.1, -0.05) is 12.1 Å². The number of primary amides is 1. The van der Waals surface area contributed by atoms with E-state index in [2.05, 4.69) is 26.2 Å². The number of aromatic nitrogens is 2. The van der Waals surface area contributed by atoms with Gasteiger partial charge in [0.2, 0.25) is 5.91 Å². The fourth-order valence-corrected chi connectivity index (χ4v) is 2.98. The van der Waals surface area contributed by atoms with E-state index in [1.807, 2.05) is 22.7 Å². The Hall–Kier alpha value is -2.41. The maximum Gasteiger partial charge on any atom is 0.222 e. The Balaban J connectivity index is 1.74. The molecular weight excluding hydrogens is 375 g/mol. The van der Waals surface area contributed by atoms with Gasteiger partial charge in [0.25, 0.3) is 0 Å². The molecule has 24 heavy (non-hydrogen) atoms. The number of anilines is 1. The van der Waals surface area contributed by atoms with E-state index < -0.39 is 11.8 Å². The van der Waals surface area contributed by atoms with Gasteiger partial charge in [0.1, 0.15) is 11.6 Å². The number of nitrogens with two attached hydrogens (primary N) is 1. The molecule has 124 valence electrons. The molecule has 2 aromatic heterocycles. The minimum atomic E-state index is -0.420. The van der Waals surface area contributed by atoms with Crippen molar-refractivity contribution in [3.63, 3.8) is 0 Å². The molecule has 0 saturated carbocycles. The Labute approximate surface area is 146 Å². The van der Waals surface area contributed by atoms with Crippen LogP contribution in [0.1, 0.15) is 5.56 Å². The maximum atomic E-state index is 13.0. The molecule has 5 nitrogen and oxygen atoms in total. The number of nitrogens with one attached hydrogen (secondary N) is 1. The molecule has 3 aromatic rings. The molecule has 0 radical (unpaired) electrons. The van der Waals surface area contributed by atoms with Crippen LogP contribution in [-0.2, 0) is 11.2 Å². The minimum Gasteiger partial charge on any atom is -0.369 e. The maximum absolute atomic E-state index is 13.0. The van der Waals surface area contributed by atoms with Gasteiger partial charge in [0.05, 0.1) is 16.0 Å². The predicted octanol–water partition coefficient (Wildman–Crippen LogP) is 2.99. The summed E-state index contributed by atoms with van der Waals surface area (Å²) in [6, 6.07) is 9.93. The molecule has 0 aliphatic rings. The summed E-state index contributed by atoms with van der Waals surface area (Å²) in [6.07, 6.45) is 3.96. The summed E-state index contributed by atoms with van der Waals surface area (Å²) < 4.78 is 15.8. The van der Waals surface area contributed by atoms with Crippen molar-refractivity contribution >= 4 is 33.2 Å². The average molecular weight is 391 g/mol. The van der Waals surface area contributed by atoms with E-state index in [0.717, 1.165) is 15.7 Å². The first-order valence-electron chi connectivity index (χ1n) is 7.44. The highest BCUT2D eigenvalue weighted by Crippen LogP contribution is 2.21. The lowest BCUT2D eigenvalue weighted by Gasteiger charge is -2.15. The summed E-state index contributed by atoms with van der Waals surface area (Å²) in [5, 5.41) is 3.19. The molecule has 0 fully saturated rings. The van der Waals surface area contributed by atoms with Crippen LogP contribution in [0.5, 0.6) is 0 Å². The van der Waals surface area contributed by atoms with Crippen LogP contribution >= 0.6 is 15.9 Å². The number of carbonyl (C=O) groups excluding carboxylic acids is 1. The first kappa shape index (κ1) is 16.4. The van der Waals surface area contributed by atoms with Gasteiger partial charge in [-0.15, -0.1) is 0 Å². The Morgan fingerprint density at radius 1 is 1.29 bits per heavy atom. The van der Waals surface area contributed by atoms with Gasteiger partial charge < -0.3 is 15.5 Å². The zero-order valence-electron chi connectivity index (χ0n) is 12.7. The van der Waals surface area contributed by atoms with Gasteiger partial charge in [-0.3, -0.25) is 4.79 Å². The van der Waals surface area contributed by atoms with Crippen molar-refractivity contribution in [1.82, 2.24) is 9.38 Å². The number of amides is 1. The first-order valence-corrected chi connectivity index (χ1v) is 8.23.